The maximum atomic E-state index is 10.9. The molecule has 0 aromatic carbocycles. The first-order valence-electron chi connectivity index (χ1n) is 3.43. The molecular weight excluding hydrogens is 198 g/mol. The summed E-state index contributed by atoms with van der Waals surface area (Å²) in [7, 11) is -0.686. The van der Waals surface area contributed by atoms with Gasteiger partial charge in [0.1, 0.15) is 4.32 Å². The Balaban J connectivity index is 2.34. The topological polar surface area (TPSA) is 29.1 Å². The molecule has 0 aromatic heterocycles. The summed E-state index contributed by atoms with van der Waals surface area (Å²) >= 11 is 6.63. The Hall–Kier alpha value is 0.390. The van der Waals surface area contributed by atoms with Crippen LogP contribution in [0.5, 0.6) is 0 Å². The molecule has 2 nitrogen and oxygen atoms in total. The molecule has 1 aliphatic rings. The Morgan fingerprint density at radius 1 is 1.91 bits per heavy atom. The molecule has 0 bridgehead atoms. The van der Waals surface area contributed by atoms with Crippen molar-refractivity contribution in [2.75, 3.05) is 18.6 Å². The predicted molar refractivity (Wildman–Crippen MR) is 55.5 cm³/mol. The molecule has 5 heteroatoms. The summed E-state index contributed by atoms with van der Waals surface area (Å²) in [6, 6.07) is 0. The van der Waals surface area contributed by atoms with E-state index in [1.807, 2.05) is 0 Å². The first-order chi connectivity index (χ1) is 5.18. The monoisotopic (exact) mass is 209 g/mol. The van der Waals surface area contributed by atoms with E-state index in [4.69, 9.17) is 12.2 Å². The predicted octanol–water partition coefficient (Wildman–Crippen LogP) is 0.745. The van der Waals surface area contributed by atoms with Crippen LogP contribution in [0.15, 0.2) is 0 Å². The van der Waals surface area contributed by atoms with Gasteiger partial charge in [-0.05, 0) is 6.42 Å². The maximum Gasteiger partial charge on any atom is 0.134 e. The number of thiocarbonyl (C=S) groups is 1. The van der Waals surface area contributed by atoms with Crippen molar-refractivity contribution in [3.63, 3.8) is 0 Å². The highest BCUT2D eigenvalue weighted by Crippen LogP contribution is 2.19. The van der Waals surface area contributed by atoms with Gasteiger partial charge in [-0.3, -0.25) is 4.21 Å². The molecule has 1 aliphatic heterocycles. The van der Waals surface area contributed by atoms with Gasteiger partial charge < -0.3 is 5.32 Å². The third-order valence-electron chi connectivity index (χ3n) is 1.43. The third-order valence-corrected chi connectivity index (χ3v) is 4.04. The van der Waals surface area contributed by atoms with E-state index in [0.29, 0.717) is 5.25 Å². The van der Waals surface area contributed by atoms with Crippen molar-refractivity contribution in [3.8, 4) is 0 Å². The van der Waals surface area contributed by atoms with E-state index >= 15 is 0 Å². The highest BCUT2D eigenvalue weighted by Gasteiger charge is 2.17. The fourth-order valence-corrected chi connectivity index (χ4v) is 3.74. The fraction of sp³-hybridized carbons (Fsp3) is 0.833. The Morgan fingerprint density at radius 2 is 2.64 bits per heavy atom. The lowest BCUT2D eigenvalue weighted by Gasteiger charge is -2.21. The van der Waals surface area contributed by atoms with Crippen molar-refractivity contribution in [2.45, 2.75) is 11.7 Å². The van der Waals surface area contributed by atoms with Crippen LogP contribution in [0, 0.1) is 0 Å². The number of nitrogens with one attached hydrogen (secondary N) is 1. The summed E-state index contributed by atoms with van der Waals surface area (Å²) in [5.74, 6) is 0.770. The van der Waals surface area contributed by atoms with E-state index in [9.17, 15) is 4.21 Å². The molecule has 0 radical (unpaired) electrons. The molecule has 1 rings (SSSR count). The largest absolute Gasteiger partial charge is 0.371 e. The van der Waals surface area contributed by atoms with Gasteiger partial charge in [-0.2, -0.15) is 0 Å². The minimum Gasteiger partial charge on any atom is -0.371 e. The van der Waals surface area contributed by atoms with Crippen LogP contribution in [-0.4, -0.2) is 32.3 Å². The minimum absolute atomic E-state index is 0.467. The Kier molecular flexibility index (Phi) is 3.81. The third kappa shape index (κ3) is 3.53. The van der Waals surface area contributed by atoms with Crippen LogP contribution in [0.3, 0.4) is 0 Å². The quantitative estimate of drug-likeness (QED) is 0.679. The van der Waals surface area contributed by atoms with Crippen LogP contribution in [0.2, 0.25) is 0 Å². The molecule has 11 heavy (non-hydrogen) atoms. The van der Waals surface area contributed by atoms with Gasteiger partial charge in [0, 0.05) is 34.6 Å². The Bertz CT molecular complexity index is 181. The lowest BCUT2D eigenvalue weighted by molar-refractivity contribution is 0.681. The van der Waals surface area contributed by atoms with Crippen LogP contribution in [0.1, 0.15) is 6.42 Å². The zero-order valence-corrected chi connectivity index (χ0v) is 8.78. The number of rotatable bonds is 2. The van der Waals surface area contributed by atoms with Crippen LogP contribution in [0.4, 0.5) is 0 Å². The summed E-state index contributed by atoms with van der Waals surface area (Å²) in [5, 5.41) is 3.55. The molecule has 0 spiro atoms. The van der Waals surface area contributed by atoms with E-state index in [-0.39, 0.29) is 0 Å². The van der Waals surface area contributed by atoms with Crippen LogP contribution < -0.4 is 5.32 Å². The van der Waals surface area contributed by atoms with Gasteiger partial charge >= 0.3 is 0 Å². The SMILES string of the molecule is CS(=O)C[C@@H]1CCNC(=S)S1. The summed E-state index contributed by atoms with van der Waals surface area (Å²) in [5.41, 5.74) is 0. The van der Waals surface area contributed by atoms with Gasteiger partial charge in [0.05, 0.1) is 0 Å². The van der Waals surface area contributed by atoms with Gasteiger partial charge in [-0.25, -0.2) is 0 Å². The van der Waals surface area contributed by atoms with E-state index in [0.717, 1.165) is 23.0 Å². The van der Waals surface area contributed by atoms with Gasteiger partial charge in [0.2, 0.25) is 0 Å². The van der Waals surface area contributed by atoms with Gasteiger partial charge in [0.25, 0.3) is 0 Å². The molecular formula is C6H11NOS3. The molecule has 1 fully saturated rings. The summed E-state index contributed by atoms with van der Waals surface area (Å²) < 4.78 is 11.7. The molecule has 0 aromatic rings. The normalized spacial score (nSPS) is 27.7. The van der Waals surface area contributed by atoms with Crippen LogP contribution >= 0.6 is 24.0 Å². The van der Waals surface area contributed by atoms with Crippen LogP contribution in [0.25, 0.3) is 0 Å². The fourth-order valence-electron chi connectivity index (χ4n) is 0.966. The second-order valence-corrected chi connectivity index (χ2v) is 5.94. The first-order valence-corrected chi connectivity index (χ1v) is 6.44. The lowest BCUT2D eigenvalue weighted by Crippen LogP contribution is -2.32. The molecule has 64 valence electrons. The molecule has 1 N–H and O–H groups in total. The molecule has 0 saturated carbocycles. The van der Waals surface area contributed by atoms with E-state index in [2.05, 4.69) is 5.32 Å². The van der Waals surface area contributed by atoms with E-state index in [1.165, 1.54) is 0 Å². The van der Waals surface area contributed by atoms with Crippen molar-refractivity contribution in [1.82, 2.24) is 5.32 Å². The van der Waals surface area contributed by atoms with Gasteiger partial charge in [-0.15, -0.1) is 0 Å². The van der Waals surface area contributed by atoms with Gasteiger partial charge in [0.15, 0.2) is 0 Å². The lowest BCUT2D eigenvalue weighted by atomic mass is 10.3. The maximum absolute atomic E-state index is 10.9. The molecule has 0 amide bonds. The Labute approximate surface area is 79.0 Å². The van der Waals surface area contributed by atoms with Crippen molar-refractivity contribution in [2.24, 2.45) is 0 Å². The van der Waals surface area contributed by atoms with E-state index < -0.39 is 10.8 Å². The average molecular weight is 209 g/mol. The smallest absolute Gasteiger partial charge is 0.134 e. The summed E-state index contributed by atoms with van der Waals surface area (Å²) in [6.07, 6.45) is 2.82. The van der Waals surface area contributed by atoms with Crippen LogP contribution in [-0.2, 0) is 10.8 Å². The minimum atomic E-state index is -0.686. The van der Waals surface area contributed by atoms with Crippen molar-refractivity contribution >= 4 is 39.1 Å². The molecule has 2 atom stereocenters. The second kappa shape index (κ2) is 4.42. The molecule has 1 unspecified atom stereocenters. The second-order valence-electron chi connectivity index (χ2n) is 2.48. The standard InChI is InChI=1S/C6H11NOS3/c1-11(8)4-5-2-3-7-6(9)10-5/h5H,2-4H2,1H3,(H,7,9)/t5-,11?/m0/s1. The Morgan fingerprint density at radius 3 is 3.18 bits per heavy atom. The van der Waals surface area contributed by atoms with Crippen molar-refractivity contribution in [1.29, 1.82) is 0 Å². The number of hydrogen-bond acceptors (Lipinski definition) is 3. The van der Waals surface area contributed by atoms with Gasteiger partial charge in [-0.1, -0.05) is 24.0 Å². The molecule has 1 heterocycles. The number of hydrogen-bond donors (Lipinski definition) is 1. The molecule has 1 saturated heterocycles. The zero-order chi connectivity index (χ0) is 8.27. The highest BCUT2D eigenvalue weighted by atomic mass is 32.2. The molecule has 0 aliphatic carbocycles. The average Bonchev–Trinajstić information content (AvgIpc) is 1.85. The zero-order valence-electron chi connectivity index (χ0n) is 6.33. The number of thioether (sulfide) groups is 1. The summed E-state index contributed by atoms with van der Waals surface area (Å²) in [6.45, 7) is 0.938. The van der Waals surface area contributed by atoms with Crippen molar-refractivity contribution < 1.29 is 4.21 Å². The summed E-state index contributed by atoms with van der Waals surface area (Å²) in [4.78, 5) is 0. The van der Waals surface area contributed by atoms with Crippen molar-refractivity contribution in [3.05, 3.63) is 0 Å². The van der Waals surface area contributed by atoms with E-state index in [1.54, 1.807) is 18.0 Å². The first kappa shape index (κ1) is 9.48. The highest BCUT2D eigenvalue weighted by molar-refractivity contribution is 8.23.